The molecule has 0 radical (unpaired) electrons. The summed E-state index contributed by atoms with van der Waals surface area (Å²) in [6.07, 6.45) is 1.98. The maximum absolute atomic E-state index is 12.6. The van der Waals surface area contributed by atoms with Crippen LogP contribution in [-0.2, 0) is 20.7 Å². The summed E-state index contributed by atoms with van der Waals surface area (Å²) < 4.78 is 5.00. The standard InChI is InChI=1S/C25H27NO4S/c1-16-21(24(27)28)23(22(17(2)26-16)25(29)30-3)19-13-7-8-14-20(19)31-15-9-12-18-10-5-4-6-11-18/h4-8,10-11,13-14,21,23H,9,12,15H2,1-3H3,(H,27,28). The van der Waals surface area contributed by atoms with E-state index in [1.807, 2.05) is 42.5 Å². The molecular weight excluding hydrogens is 410 g/mol. The van der Waals surface area contributed by atoms with Crippen LogP contribution < -0.4 is 0 Å². The zero-order chi connectivity index (χ0) is 22.4. The van der Waals surface area contributed by atoms with Crippen molar-refractivity contribution in [1.82, 2.24) is 0 Å². The first-order chi connectivity index (χ1) is 14.9. The molecule has 1 aliphatic rings. The fraction of sp³-hybridized carbons (Fsp3) is 0.320. The van der Waals surface area contributed by atoms with Crippen LogP contribution >= 0.6 is 11.8 Å². The van der Waals surface area contributed by atoms with Crippen molar-refractivity contribution in [3.8, 4) is 0 Å². The number of aryl methyl sites for hydroxylation is 1. The van der Waals surface area contributed by atoms with Gasteiger partial charge in [-0.05, 0) is 49.6 Å². The number of hydrogen-bond acceptors (Lipinski definition) is 5. The van der Waals surface area contributed by atoms with Gasteiger partial charge in [0.1, 0.15) is 5.92 Å². The lowest BCUT2D eigenvalue weighted by molar-refractivity contribution is -0.140. The van der Waals surface area contributed by atoms with Crippen LogP contribution in [0.1, 0.15) is 37.3 Å². The zero-order valence-corrected chi connectivity index (χ0v) is 18.8. The number of rotatable bonds is 8. The van der Waals surface area contributed by atoms with Crippen LogP contribution in [0.3, 0.4) is 0 Å². The smallest absolute Gasteiger partial charge is 0.336 e. The maximum atomic E-state index is 12.6. The number of thioether (sulfide) groups is 1. The summed E-state index contributed by atoms with van der Waals surface area (Å²) in [6, 6.07) is 18.1. The topological polar surface area (TPSA) is 76.0 Å². The van der Waals surface area contributed by atoms with Crippen LogP contribution in [0, 0.1) is 5.92 Å². The lowest BCUT2D eigenvalue weighted by Gasteiger charge is -2.31. The van der Waals surface area contributed by atoms with Gasteiger partial charge in [0, 0.05) is 22.2 Å². The molecule has 2 unspecified atom stereocenters. The second-order valence-electron chi connectivity index (χ2n) is 7.51. The van der Waals surface area contributed by atoms with E-state index in [1.54, 1.807) is 25.6 Å². The average molecular weight is 438 g/mol. The number of carboxylic acid groups (broad SMARTS) is 1. The summed E-state index contributed by atoms with van der Waals surface area (Å²) >= 11 is 1.69. The highest BCUT2D eigenvalue weighted by molar-refractivity contribution is 7.99. The van der Waals surface area contributed by atoms with Crippen LogP contribution in [-0.4, -0.2) is 35.6 Å². The van der Waals surface area contributed by atoms with Crippen molar-refractivity contribution in [2.75, 3.05) is 12.9 Å². The Hall–Kier alpha value is -2.86. The number of carbonyl (C=O) groups is 2. The number of carbonyl (C=O) groups excluding carboxylic acids is 1. The number of methoxy groups -OCH3 is 1. The molecule has 5 nitrogen and oxygen atoms in total. The van der Waals surface area contributed by atoms with Crippen molar-refractivity contribution in [1.29, 1.82) is 0 Å². The minimum Gasteiger partial charge on any atom is -0.481 e. The van der Waals surface area contributed by atoms with Crippen LogP contribution in [0.2, 0.25) is 0 Å². The summed E-state index contributed by atoms with van der Waals surface area (Å²) in [4.78, 5) is 30.1. The molecular formula is C25H27NO4S. The Kier molecular flexibility index (Phi) is 7.69. The second kappa shape index (κ2) is 10.4. The first kappa shape index (κ1) is 22.8. The number of benzene rings is 2. The van der Waals surface area contributed by atoms with Crippen LogP contribution in [0.15, 0.2) is 75.8 Å². The molecule has 0 amide bonds. The minimum atomic E-state index is -0.996. The fourth-order valence-corrected chi connectivity index (χ4v) is 5.09. The van der Waals surface area contributed by atoms with Gasteiger partial charge < -0.3 is 9.84 Å². The Morgan fingerprint density at radius 2 is 1.74 bits per heavy atom. The minimum absolute atomic E-state index is 0.317. The lowest BCUT2D eigenvalue weighted by atomic mass is 9.75. The van der Waals surface area contributed by atoms with E-state index in [2.05, 4.69) is 17.1 Å². The predicted molar refractivity (Wildman–Crippen MR) is 124 cm³/mol. The molecule has 1 aliphatic heterocycles. The molecule has 0 bridgehead atoms. The molecule has 0 saturated carbocycles. The van der Waals surface area contributed by atoms with Crippen molar-refractivity contribution in [2.24, 2.45) is 10.9 Å². The SMILES string of the molecule is COC(=O)C1=C(C)N=C(C)C(C(=O)O)C1c1ccccc1SCCCc1ccccc1. The molecule has 0 aliphatic carbocycles. The predicted octanol–water partition coefficient (Wildman–Crippen LogP) is 5.12. The number of nitrogens with zero attached hydrogens (tertiary/aromatic N) is 1. The maximum Gasteiger partial charge on any atom is 0.336 e. The van der Waals surface area contributed by atoms with Crippen LogP contribution in [0.4, 0.5) is 0 Å². The largest absolute Gasteiger partial charge is 0.481 e. The summed E-state index contributed by atoms with van der Waals surface area (Å²) in [5.41, 5.74) is 3.45. The molecule has 6 heteroatoms. The number of esters is 1. The number of carboxylic acids is 1. The third-order valence-corrected chi connectivity index (χ3v) is 6.64. The van der Waals surface area contributed by atoms with Gasteiger partial charge >= 0.3 is 11.9 Å². The highest BCUT2D eigenvalue weighted by Crippen LogP contribution is 2.43. The van der Waals surface area contributed by atoms with Crippen molar-refractivity contribution in [3.63, 3.8) is 0 Å². The van der Waals surface area contributed by atoms with Crippen molar-refractivity contribution in [3.05, 3.63) is 77.0 Å². The van der Waals surface area contributed by atoms with Gasteiger partial charge in [0.2, 0.25) is 0 Å². The van der Waals surface area contributed by atoms with Crippen LogP contribution in [0.5, 0.6) is 0 Å². The Bertz CT molecular complexity index is 1010. The van der Waals surface area contributed by atoms with E-state index in [4.69, 9.17) is 4.74 Å². The van der Waals surface area contributed by atoms with Crippen LogP contribution in [0.25, 0.3) is 0 Å². The summed E-state index contributed by atoms with van der Waals surface area (Å²) in [5, 5.41) is 9.97. The molecule has 1 N–H and O–H groups in total. The highest BCUT2D eigenvalue weighted by Gasteiger charge is 2.42. The number of allylic oxidation sites excluding steroid dienone is 1. The first-order valence-corrected chi connectivity index (χ1v) is 11.2. The fourth-order valence-electron chi connectivity index (χ4n) is 4.04. The van der Waals surface area contributed by atoms with E-state index < -0.39 is 23.8 Å². The normalized spacial score (nSPS) is 18.5. The summed E-state index contributed by atoms with van der Waals surface area (Å²) in [7, 11) is 1.31. The van der Waals surface area contributed by atoms with Crippen molar-refractivity contribution >= 4 is 29.4 Å². The number of aliphatic carboxylic acids is 1. The molecule has 0 aromatic heterocycles. The first-order valence-electron chi connectivity index (χ1n) is 10.3. The molecule has 3 rings (SSSR count). The van der Waals surface area contributed by atoms with E-state index >= 15 is 0 Å². The Labute approximate surface area is 187 Å². The van der Waals surface area contributed by atoms with Crippen molar-refractivity contribution in [2.45, 2.75) is 37.5 Å². The van der Waals surface area contributed by atoms with Gasteiger partial charge in [-0.3, -0.25) is 9.79 Å². The van der Waals surface area contributed by atoms with Gasteiger partial charge in [-0.2, -0.15) is 0 Å². The van der Waals surface area contributed by atoms with E-state index in [-0.39, 0.29) is 0 Å². The number of hydrogen-bond donors (Lipinski definition) is 1. The van der Waals surface area contributed by atoms with Gasteiger partial charge in [-0.1, -0.05) is 48.5 Å². The molecule has 2 aromatic carbocycles. The van der Waals surface area contributed by atoms with Gasteiger partial charge in [-0.25, -0.2) is 4.79 Å². The van der Waals surface area contributed by atoms with Gasteiger partial charge in [0.25, 0.3) is 0 Å². The molecule has 162 valence electrons. The van der Waals surface area contributed by atoms with Gasteiger partial charge in [-0.15, -0.1) is 11.8 Å². The monoisotopic (exact) mass is 437 g/mol. The Balaban J connectivity index is 1.89. The van der Waals surface area contributed by atoms with Gasteiger partial charge in [0.15, 0.2) is 0 Å². The second-order valence-corrected chi connectivity index (χ2v) is 8.65. The Morgan fingerprint density at radius 3 is 2.42 bits per heavy atom. The van der Waals surface area contributed by atoms with E-state index in [9.17, 15) is 14.7 Å². The molecule has 1 heterocycles. The molecule has 31 heavy (non-hydrogen) atoms. The molecule has 2 aromatic rings. The lowest BCUT2D eigenvalue weighted by Crippen LogP contribution is -2.35. The molecule has 0 saturated heterocycles. The van der Waals surface area contributed by atoms with E-state index in [1.165, 1.54) is 12.7 Å². The molecule has 2 atom stereocenters. The summed E-state index contributed by atoms with van der Waals surface area (Å²) in [6.45, 7) is 3.44. The highest BCUT2D eigenvalue weighted by atomic mass is 32.2. The average Bonchev–Trinajstić information content (AvgIpc) is 2.76. The van der Waals surface area contributed by atoms with Crippen molar-refractivity contribution < 1.29 is 19.4 Å². The quantitative estimate of drug-likeness (QED) is 0.352. The Morgan fingerprint density at radius 1 is 1.06 bits per heavy atom. The molecule has 0 fully saturated rings. The van der Waals surface area contributed by atoms with Gasteiger partial charge in [0.05, 0.1) is 12.7 Å². The third kappa shape index (κ3) is 5.25. The number of ether oxygens (including phenoxy) is 1. The third-order valence-electron chi connectivity index (χ3n) is 5.46. The van der Waals surface area contributed by atoms with E-state index in [0.717, 1.165) is 29.1 Å². The molecule has 0 spiro atoms. The zero-order valence-electron chi connectivity index (χ0n) is 18.0. The summed E-state index contributed by atoms with van der Waals surface area (Å²) in [5.74, 6) is -2.19. The van der Waals surface area contributed by atoms with E-state index in [0.29, 0.717) is 17.0 Å². The number of aliphatic imine (C=N–C) groups is 1.